The lowest BCUT2D eigenvalue weighted by Crippen LogP contribution is -2.36. The molecule has 6 nitrogen and oxygen atoms in total. The Labute approximate surface area is 110 Å². The minimum atomic E-state index is -0.121. The molecule has 1 aliphatic heterocycles. The Kier molecular flexibility index (Phi) is 3.16. The first-order valence-electron chi connectivity index (χ1n) is 6.48. The number of ether oxygens (including phenoxy) is 1. The Hall–Kier alpha value is -1.95. The van der Waals surface area contributed by atoms with Crippen molar-refractivity contribution in [2.75, 3.05) is 11.9 Å². The number of anilines is 1. The van der Waals surface area contributed by atoms with E-state index in [4.69, 9.17) is 4.74 Å². The van der Waals surface area contributed by atoms with Crippen molar-refractivity contribution in [2.24, 2.45) is 5.92 Å². The maximum absolute atomic E-state index is 12.2. The summed E-state index contributed by atoms with van der Waals surface area (Å²) in [7, 11) is 0. The predicted octanol–water partition coefficient (Wildman–Crippen LogP) is 1.48. The normalized spacial score (nSPS) is 23.4. The van der Waals surface area contributed by atoms with E-state index in [0.29, 0.717) is 11.6 Å². The van der Waals surface area contributed by atoms with Crippen LogP contribution in [0.15, 0.2) is 24.4 Å². The molecular weight excluding hydrogens is 244 g/mol. The van der Waals surface area contributed by atoms with Gasteiger partial charge in [0, 0.05) is 12.8 Å². The van der Waals surface area contributed by atoms with E-state index in [-0.39, 0.29) is 17.9 Å². The fraction of sp³-hybridized carbons (Fsp3) is 0.462. The summed E-state index contributed by atoms with van der Waals surface area (Å²) in [5.41, 5.74) is 0.714. The summed E-state index contributed by atoms with van der Waals surface area (Å²) in [6, 6.07) is 5.60. The first-order chi connectivity index (χ1) is 9.25. The van der Waals surface area contributed by atoms with Crippen molar-refractivity contribution in [1.29, 1.82) is 0 Å². The monoisotopic (exact) mass is 260 g/mol. The number of hydrogen-bond donors (Lipinski definition) is 1. The maximum Gasteiger partial charge on any atom is 0.235 e. The number of nitrogens with zero attached hydrogens (tertiary/aromatic N) is 3. The second-order valence-electron chi connectivity index (χ2n) is 4.77. The molecule has 1 fully saturated rings. The second kappa shape index (κ2) is 4.97. The first kappa shape index (κ1) is 12.1. The summed E-state index contributed by atoms with van der Waals surface area (Å²) < 4.78 is 7.27. The van der Waals surface area contributed by atoms with E-state index < -0.39 is 0 Å². The fourth-order valence-corrected chi connectivity index (χ4v) is 2.40. The summed E-state index contributed by atoms with van der Waals surface area (Å²) in [6.07, 6.45) is 3.55. The minimum absolute atomic E-state index is 0.0482. The van der Waals surface area contributed by atoms with Crippen molar-refractivity contribution >= 4 is 17.5 Å². The van der Waals surface area contributed by atoms with E-state index in [2.05, 4.69) is 15.5 Å². The summed E-state index contributed by atoms with van der Waals surface area (Å²) in [5.74, 6) is 0.286. The number of carbonyl (C=O) groups is 1. The lowest BCUT2D eigenvalue weighted by atomic mass is 9.94. The highest BCUT2D eigenvalue weighted by molar-refractivity contribution is 5.91. The van der Waals surface area contributed by atoms with Crippen LogP contribution in [-0.2, 0) is 9.53 Å². The largest absolute Gasteiger partial charge is 0.378 e. The standard InChI is InChI=1S/C13H16N4O2/c1-9-10(5-4-8-19-9)12(18)14-13-16-15-11-6-2-3-7-17(11)13/h2-3,6-7,9-10H,4-5,8H2,1H3,(H,14,16,18)/t9-,10-/m0/s1. The van der Waals surface area contributed by atoms with E-state index >= 15 is 0 Å². The van der Waals surface area contributed by atoms with Gasteiger partial charge in [-0.3, -0.25) is 14.5 Å². The summed E-state index contributed by atoms with van der Waals surface area (Å²) >= 11 is 0. The average molecular weight is 260 g/mol. The molecule has 2 atom stereocenters. The molecule has 100 valence electrons. The van der Waals surface area contributed by atoms with Gasteiger partial charge in [-0.15, -0.1) is 10.2 Å². The summed E-state index contributed by atoms with van der Waals surface area (Å²) in [4.78, 5) is 12.2. The van der Waals surface area contributed by atoms with Crippen LogP contribution in [0, 0.1) is 5.92 Å². The molecule has 1 N–H and O–H groups in total. The Morgan fingerprint density at radius 1 is 1.47 bits per heavy atom. The number of nitrogens with one attached hydrogen (secondary N) is 1. The lowest BCUT2D eigenvalue weighted by Gasteiger charge is -2.27. The first-order valence-corrected chi connectivity index (χ1v) is 6.48. The molecule has 2 aromatic heterocycles. The van der Waals surface area contributed by atoms with E-state index in [0.717, 1.165) is 19.4 Å². The molecule has 1 saturated heterocycles. The molecular formula is C13H16N4O2. The number of hydrogen-bond acceptors (Lipinski definition) is 4. The van der Waals surface area contributed by atoms with Crippen molar-refractivity contribution in [3.05, 3.63) is 24.4 Å². The Morgan fingerprint density at radius 2 is 2.37 bits per heavy atom. The van der Waals surface area contributed by atoms with Gasteiger partial charge in [0.15, 0.2) is 5.65 Å². The molecule has 0 bridgehead atoms. The molecule has 2 aromatic rings. The molecule has 0 saturated carbocycles. The zero-order valence-corrected chi connectivity index (χ0v) is 10.7. The number of fused-ring (bicyclic) bond motifs is 1. The Bertz CT molecular complexity index is 595. The van der Waals surface area contributed by atoms with Gasteiger partial charge in [-0.25, -0.2) is 0 Å². The number of rotatable bonds is 2. The van der Waals surface area contributed by atoms with Gasteiger partial charge < -0.3 is 4.74 Å². The molecule has 1 amide bonds. The number of aromatic nitrogens is 3. The lowest BCUT2D eigenvalue weighted by molar-refractivity contribution is -0.127. The molecule has 0 aromatic carbocycles. The highest BCUT2D eigenvalue weighted by atomic mass is 16.5. The van der Waals surface area contributed by atoms with Crippen LogP contribution in [0.1, 0.15) is 19.8 Å². The van der Waals surface area contributed by atoms with Gasteiger partial charge in [0.1, 0.15) is 0 Å². The maximum atomic E-state index is 12.2. The predicted molar refractivity (Wildman–Crippen MR) is 69.8 cm³/mol. The van der Waals surface area contributed by atoms with Crippen LogP contribution in [-0.4, -0.2) is 33.2 Å². The van der Waals surface area contributed by atoms with Gasteiger partial charge in [0.2, 0.25) is 11.9 Å². The van der Waals surface area contributed by atoms with Crippen molar-refractivity contribution in [3.63, 3.8) is 0 Å². The highest BCUT2D eigenvalue weighted by Crippen LogP contribution is 2.22. The molecule has 0 radical (unpaired) electrons. The Balaban J connectivity index is 1.79. The highest BCUT2D eigenvalue weighted by Gasteiger charge is 2.29. The van der Waals surface area contributed by atoms with Crippen LogP contribution >= 0.6 is 0 Å². The van der Waals surface area contributed by atoms with E-state index in [1.165, 1.54) is 0 Å². The zero-order chi connectivity index (χ0) is 13.2. The average Bonchev–Trinajstić information content (AvgIpc) is 2.83. The van der Waals surface area contributed by atoms with Gasteiger partial charge in [0.05, 0.1) is 12.0 Å². The van der Waals surface area contributed by atoms with Crippen LogP contribution in [0.5, 0.6) is 0 Å². The topological polar surface area (TPSA) is 68.5 Å². The van der Waals surface area contributed by atoms with Gasteiger partial charge in [-0.1, -0.05) is 6.07 Å². The molecule has 0 unspecified atom stereocenters. The molecule has 0 aliphatic carbocycles. The zero-order valence-electron chi connectivity index (χ0n) is 10.7. The van der Waals surface area contributed by atoms with Crippen molar-refractivity contribution < 1.29 is 9.53 Å². The second-order valence-corrected chi connectivity index (χ2v) is 4.77. The minimum Gasteiger partial charge on any atom is -0.378 e. The van der Waals surface area contributed by atoms with Crippen molar-refractivity contribution in [3.8, 4) is 0 Å². The van der Waals surface area contributed by atoms with Crippen LogP contribution in [0.2, 0.25) is 0 Å². The Morgan fingerprint density at radius 3 is 3.21 bits per heavy atom. The van der Waals surface area contributed by atoms with E-state index in [9.17, 15) is 4.79 Å². The van der Waals surface area contributed by atoms with Crippen molar-refractivity contribution in [2.45, 2.75) is 25.9 Å². The van der Waals surface area contributed by atoms with Gasteiger partial charge in [-0.2, -0.15) is 0 Å². The third-order valence-electron chi connectivity index (χ3n) is 3.49. The number of carbonyl (C=O) groups excluding carboxylic acids is 1. The van der Waals surface area contributed by atoms with Crippen LogP contribution in [0.25, 0.3) is 5.65 Å². The smallest absolute Gasteiger partial charge is 0.235 e. The molecule has 3 heterocycles. The summed E-state index contributed by atoms with van der Waals surface area (Å²) in [6.45, 7) is 2.67. The third-order valence-corrected chi connectivity index (χ3v) is 3.49. The van der Waals surface area contributed by atoms with Gasteiger partial charge in [0.25, 0.3) is 0 Å². The van der Waals surface area contributed by atoms with Gasteiger partial charge >= 0.3 is 0 Å². The molecule has 3 rings (SSSR count). The number of pyridine rings is 1. The van der Waals surface area contributed by atoms with Crippen molar-refractivity contribution in [1.82, 2.24) is 14.6 Å². The SMILES string of the molecule is C[C@@H]1OCCC[C@@H]1C(=O)Nc1nnc2ccccn12. The fourth-order valence-electron chi connectivity index (χ4n) is 2.40. The van der Waals surface area contributed by atoms with Gasteiger partial charge in [-0.05, 0) is 31.9 Å². The van der Waals surface area contributed by atoms with Crippen LogP contribution in [0.3, 0.4) is 0 Å². The molecule has 19 heavy (non-hydrogen) atoms. The molecule has 6 heteroatoms. The third kappa shape index (κ3) is 2.31. The van der Waals surface area contributed by atoms with E-state index in [1.807, 2.05) is 31.3 Å². The van der Waals surface area contributed by atoms with Crippen LogP contribution < -0.4 is 5.32 Å². The molecule has 1 aliphatic rings. The molecule has 0 spiro atoms. The van der Waals surface area contributed by atoms with E-state index in [1.54, 1.807) is 4.40 Å². The summed E-state index contributed by atoms with van der Waals surface area (Å²) in [5, 5.41) is 10.8. The number of amides is 1. The quantitative estimate of drug-likeness (QED) is 0.888. The van der Waals surface area contributed by atoms with Crippen LogP contribution in [0.4, 0.5) is 5.95 Å².